The van der Waals surface area contributed by atoms with Gasteiger partial charge in [0, 0.05) is 16.1 Å². The molecule has 0 unspecified atom stereocenters. The molecule has 25 heavy (non-hydrogen) atoms. The van der Waals surface area contributed by atoms with E-state index in [0.717, 1.165) is 10.0 Å². The number of halogens is 1. The summed E-state index contributed by atoms with van der Waals surface area (Å²) in [6.07, 6.45) is 3.05. The number of anilines is 1. The lowest BCUT2D eigenvalue weighted by atomic mass is 10.1. The van der Waals surface area contributed by atoms with Crippen LogP contribution in [0.1, 0.15) is 22.8 Å². The highest BCUT2D eigenvalue weighted by Crippen LogP contribution is 2.24. The predicted octanol–water partition coefficient (Wildman–Crippen LogP) is 4.29. The minimum absolute atomic E-state index is 0.296. The van der Waals surface area contributed by atoms with Crippen LogP contribution in [-0.4, -0.2) is 25.6 Å². The molecule has 0 aliphatic rings. The summed E-state index contributed by atoms with van der Waals surface area (Å²) in [5.41, 5.74) is 1.46. The van der Waals surface area contributed by atoms with E-state index in [2.05, 4.69) is 21.2 Å². The smallest absolute Gasteiger partial charge is 0.339 e. The van der Waals surface area contributed by atoms with Crippen molar-refractivity contribution < 1.29 is 19.1 Å². The van der Waals surface area contributed by atoms with E-state index in [0.29, 0.717) is 23.6 Å². The lowest BCUT2D eigenvalue weighted by molar-refractivity contribution is -0.111. The molecule has 0 aliphatic carbocycles. The first-order chi connectivity index (χ1) is 12.0. The summed E-state index contributed by atoms with van der Waals surface area (Å²) >= 11 is 3.40. The number of nitrogens with one attached hydrogen (secondary N) is 1. The van der Waals surface area contributed by atoms with Crippen LogP contribution in [0.3, 0.4) is 0 Å². The number of methoxy groups -OCH3 is 1. The van der Waals surface area contributed by atoms with Crippen LogP contribution in [0.5, 0.6) is 5.75 Å². The summed E-state index contributed by atoms with van der Waals surface area (Å²) in [4.78, 5) is 23.9. The molecule has 0 aromatic heterocycles. The molecule has 1 amide bonds. The van der Waals surface area contributed by atoms with Crippen molar-refractivity contribution in [3.05, 3.63) is 64.1 Å². The van der Waals surface area contributed by atoms with Gasteiger partial charge in [-0.15, -0.1) is 0 Å². The van der Waals surface area contributed by atoms with Crippen LogP contribution in [-0.2, 0) is 9.53 Å². The fourth-order valence-corrected chi connectivity index (χ4v) is 2.54. The first kappa shape index (κ1) is 18.7. The Morgan fingerprint density at radius 2 is 1.96 bits per heavy atom. The van der Waals surface area contributed by atoms with Gasteiger partial charge in [-0.3, -0.25) is 4.79 Å². The minimum Gasteiger partial charge on any atom is -0.493 e. The largest absolute Gasteiger partial charge is 0.493 e. The van der Waals surface area contributed by atoms with Crippen molar-refractivity contribution in [3.63, 3.8) is 0 Å². The average molecular weight is 404 g/mol. The van der Waals surface area contributed by atoms with Gasteiger partial charge in [0.1, 0.15) is 5.75 Å². The Hall–Kier alpha value is -2.60. The number of hydrogen-bond acceptors (Lipinski definition) is 4. The maximum absolute atomic E-state index is 12.2. The fourth-order valence-electron chi connectivity index (χ4n) is 2.16. The highest BCUT2D eigenvalue weighted by Gasteiger charge is 2.12. The normalized spacial score (nSPS) is 10.5. The number of amides is 1. The Kier molecular flexibility index (Phi) is 6.77. The van der Waals surface area contributed by atoms with Gasteiger partial charge in [0.15, 0.2) is 0 Å². The molecule has 0 atom stereocenters. The van der Waals surface area contributed by atoms with Crippen LogP contribution < -0.4 is 10.1 Å². The van der Waals surface area contributed by atoms with Gasteiger partial charge in [-0.25, -0.2) is 4.79 Å². The van der Waals surface area contributed by atoms with Crippen LogP contribution in [0.15, 0.2) is 53.0 Å². The van der Waals surface area contributed by atoms with E-state index < -0.39 is 5.97 Å². The molecule has 6 heteroatoms. The molecule has 0 heterocycles. The number of esters is 1. The molecule has 0 bridgehead atoms. The van der Waals surface area contributed by atoms with Crippen molar-refractivity contribution in [3.8, 4) is 5.75 Å². The number of rotatable bonds is 6. The second-order valence-electron chi connectivity index (χ2n) is 4.97. The molecule has 0 spiro atoms. The molecule has 130 valence electrons. The monoisotopic (exact) mass is 403 g/mol. The highest BCUT2D eigenvalue weighted by molar-refractivity contribution is 9.10. The molecule has 0 saturated carbocycles. The topological polar surface area (TPSA) is 64.6 Å². The Morgan fingerprint density at radius 3 is 2.68 bits per heavy atom. The summed E-state index contributed by atoms with van der Waals surface area (Å²) in [7, 11) is 1.29. The second kappa shape index (κ2) is 9.03. The molecular weight excluding hydrogens is 386 g/mol. The number of hydrogen-bond donors (Lipinski definition) is 1. The van der Waals surface area contributed by atoms with Gasteiger partial charge in [0.05, 0.1) is 25.0 Å². The van der Waals surface area contributed by atoms with Crippen molar-refractivity contribution in [2.24, 2.45) is 0 Å². The maximum atomic E-state index is 12.2. The summed E-state index contributed by atoms with van der Waals surface area (Å²) in [5.74, 6) is -0.186. The van der Waals surface area contributed by atoms with Gasteiger partial charge in [-0.2, -0.15) is 0 Å². The molecule has 0 fully saturated rings. The van der Waals surface area contributed by atoms with E-state index in [1.807, 2.05) is 25.1 Å². The molecule has 2 aromatic rings. The van der Waals surface area contributed by atoms with Crippen molar-refractivity contribution in [2.45, 2.75) is 6.92 Å². The van der Waals surface area contributed by atoms with E-state index in [9.17, 15) is 9.59 Å². The van der Waals surface area contributed by atoms with Crippen molar-refractivity contribution in [2.75, 3.05) is 19.0 Å². The maximum Gasteiger partial charge on any atom is 0.339 e. The quantitative estimate of drug-likeness (QED) is 0.577. The van der Waals surface area contributed by atoms with E-state index in [4.69, 9.17) is 9.47 Å². The first-order valence-corrected chi connectivity index (χ1v) is 8.43. The van der Waals surface area contributed by atoms with Crippen molar-refractivity contribution >= 4 is 39.6 Å². The molecule has 1 N–H and O–H groups in total. The zero-order valence-electron chi connectivity index (χ0n) is 13.9. The fraction of sp³-hybridized carbons (Fsp3) is 0.158. The second-order valence-corrected chi connectivity index (χ2v) is 5.89. The predicted molar refractivity (Wildman–Crippen MR) is 101 cm³/mol. The summed E-state index contributed by atoms with van der Waals surface area (Å²) < 4.78 is 11.1. The van der Waals surface area contributed by atoms with Crippen LogP contribution in [0.25, 0.3) is 6.08 Å². The van der Waals surface area contributed by atoms with E-state index in [1.54, 1.807) is 30.3 Å². The Labute approximate surface area is 154 Å². The van der Waals surface area contributed by atoms with E-state index >= 15 is 0 Å². The molecule has 0 radical (unpaired) electrons. The Balaban J connectivity index is 2.17. The third-order valence-electron chi connectivity index (χ3n) is 3.28. The van der Waals surface area contributed by atoms with Crippen LogP contribution in [0.2, 0.25) is 0 Å². The zero-order chi connectivity index (χ0) is 18.2. The molecule has 0 saturated heterocycles. The van der Waals surface area contributed by atoms with E-state index in [1.165, 1.54) is 13.2 Å². The Morgan fingerprint density at radius 1 is 1.20 bits per heavy atom. The van der Waals surface area contributed by atoms with Gasteiger partial charge < -0.3 is 14.8 Å². The highest BCUT2D eigenvalue weighted by atomic mass is 79.9. The Bertz CT molecular complexity index is 802. The number of carbonyl (C=O) groups is 2. The molecule has 2 aromatic carbocycles. The van der Waals surface area contributed by atoms with Gasteiger partial charge in [-0.05, 0) is 43.3 Å². The lowest BCUT2D eigenvalue weighted by Crippen LogP contribution is -2.12. The number of para-hydroxylation sites is 1. The number of benzene rings is 2. The third-order valence-corrected chi connectivity index (χ3v) is 3.77. The summed E-state index contributed by atoms with van der Waals surface area (Å²) in [6.45, 7) is 2.42. The summed E-state index contributed by atoms with van der Waals surface area (Å²) in [5, 5.41) is 2.68. The van der Waals surface area contributed by atoms with Crippen LogP contribution in [0, 0.1) is 0 Å². The van der Waals surface area contributed by atoms with Gasteiger partial charge in [-0.1, -0.05) is 28.1 Å². The van der Waals surface area contributed by atoms with Gasteiger partial charge in [0.25, 0.3) is 0 Å². The van der Waals surface area contributed by atoms with Crippen LogP contribution in [0.4, 0.5) is 5.69 Å². The van der Waals surface area contributed by atoms with Gasteiger partial charge in [0.2, 0.25) is 5.91 Å². The molecule has 0 aliphatic heterocycles. The standard InChI is InChI=1S/C19H18BrNO4/c1-3-25-17-10-9-14(20)12-13(17)8-11-18(22)21-16-7-5-4-6-15(16)19(23)24-2/h4-12H,3H2,1-2H3,(H,21,22)/b11-8+. The lowest BCUT2D eigenvalue weighted by Gasteiger charge is -2.09. The first-order valence-electron chi connectivity index (χ1n) is 7.64. The molecule has 5 nitrogen and oxygen atoms in total. The van der Waals surface area contributed by atoms with Gasteiger partial charge >= 0.3 is 5.97 Å². The average Bonchev–Trinajstić information content (AvgIpc) is 2.62. The van der Waals surface area contributed by atoms with Crippen LogP contribution >= 0.6 is 15.9 Å². The number of ether oxygens (including phenoxy) is 2. The summed E-state index contributed by atoms with van der Waals surface area (Å²) in [6, 6.07) is 12.2. The molecule has 2 rings (SSSR count). The third kappa shape index (κ3) is 5.19. The molecular formula is C19H18BrNO4. The van der Waals surface area contributed by atoms with E-state index in [-0.39, 0.29) is 5.91 Å². The van der Waals surface area contributed by atoms with Crippen molar-refractivity contribution in [1.29, 1.82) is 0 Å². The zero-order valence-corrected chi connectivity index (χ0v) is 15.5. The minimum atomic E-state index is -0.509. The van der Waals surface area contributed by atoms with Crippen molar-refractivity contribution in [1.82, 2.24) is 0 Å². The number of carbonyl (C=O) groups excluding carboxylic acids is 2. The SMILES string of the molecule is CCOc1ccc(Br)cc1/C=C/C(=O)Nc1ccccc1C(=O)OC.